The summed E-state index contributed by atoms with van der Waals surface area (Å²) < 4.78 is 8.41. The molecule has 0 aliphatic heterocycles. The topological polar surface area (TPSA) is 75.2 Å². The zero-order valence-corrected chi connectivity index (χ0v) is 15.1. The maximum absolute atomic E-state index is 12.7. The third-order valence-corrected chi connectivity index (χ3v) is 4.43. The van der Waals surface area contributed by atoms with Crippen molar-refractivity contribution in [3.8, 4) is 0 Å². The lowest BCUT2D eigenvalue weighted by molar-refractivity contribution is -0.114. The largest absolute Gasteiger partial charge is 0.337 e. The van der Waals surface area contributed by atoms with Gasteiger partial charge in [0.05, 0.1) is 11.7 Å². The van der Waals surface area contributed by atoms with Crippen LogP contribution in [-0.2, 0) is 11.3 Å². The molecular formula is C18H18N4O2S. The summed E-state index contributed by atoms with van der Waals surface area (Å²) in [4.78, 5) is 25.5. The first kappa shape index (κ1) is 17.0. The van der Waals surface area contributed by atoms with Crippen LogP contribution in [0.3, 0.4) is 0 Å². The number of aryl methyl sites for hydroxylation is 1. The number of hydrogen-bond acceptors (Lipinski definition) is 5. The van der Waals surface area contributed by atoms with Gasteiger partial charge in [0.2, 0.25) is 5.91 Å². The molecular weight excluding hydrogens is 336 g/mol. The summed E-state index contributed by atoms with van der Waals surface area (Å²) >= 11 is 1.18. The number of nitrogens with one attached hydrogen (secondary N) is 1. The SMILES string of the molecule is CC(=O)Nc1ccc(C(=O)N(C)Cc2ccc3nsnc3c2)cc1C. The Balaban J connectivity index is 1.75. The van der Waals surface area contributed by atoms with Gasteiger partial charge in [-0.25, -0.2) is 0 Å². The highest BCUT2D eigenvalue weighted by Gasteiger charge is 2.14. The van der Waals surface area contributed by atoms with Crippen LogP contribution in [0, 0.1) is 6.92 Å². The molecule has 0 saturated carbocycles. The van der Waals surface area contributed by atoms with E-state index in [0.29, 0.717) is 17.8 Å². The minimum absolute atomic E-state index is 0.0750. The average molecular weight is 354 g/mol. The summed E-state index contributed by atoms with van der Waals surface area (Å²) in [5.41, 5.74) is 4.87. The first-order chi connectivity index (χ1) is 11.9. The molecule has 1 aromatic heterocycles. The number of fused-ring (bicyclic) bond motifs is 1. The maximum Gasteiger partial charge on any atom is 0.253 e. The van der Waals surface area contributed by atoms with E-state index in [1.54, 1.807) is 30.1 Å². The van der Waals surface area contributed by atoms with Crippen LogP contribution >= 0.6 is 11.7 Å². The monoisotopic (exact) mass is 354 g/mol. The van der Waals surface area contributed by atoms with E-state index < -0.39 is 0 Å². The number of carbonyl (C=O) groups is 2. The van der Waals surface area contributed by atoms with E-state index in [0.717, 1.165) is 22.2 Å². The van der Waals surface area contributed by atoms with E-state index in [2.05, 4.69) is 14.1 Å². The Kier molecular flexibility index (Phi) is 4.76. The Bertz CT molecular complexity index is 951. The molecule has 2 aromatic carbocycles. The predicted octanol–water partition coefficient (Wildman–Crippen LogP) is 3.23. The van der Waals surface area contributed by atoms with Gasteiger partial charge >= 0.3 is 0 Å². The van der Waals surface area contributed by atoms with Crippen molar-refractivity contribution in [1.82, 2.24) is 13.6 Å². The van der Waals surface area contributed by atoms with Crippen molar-refractivity contribution in [1.29, 1.82) is 0 Å². The molecule has 128 valence electrons. The molecule has 0 bridgehead atoms. The molecule has 1 heterocycles. The zero-order chi connectivity index (χ0) is 18.0. The molecule has 0 radical (unpaired) electrons. The molecule has 25 heavy (non-hydrogen) atoms. The van der Waals surface area contributed by atoms with Gasteiger partial charge in [0.25, 0.3) is 5.91 Å². The third kappa shape index (κ3) is 3.83. The van der Waals surface area contributed by atoms with Gasteiger partial charge in [0.1, 0.15) is 11.0 Å². The van der Waals surface area contributed by atoms with Gasteiger partial charge in [-0.05, 0) is 48.4 Å². The molecule has 1 N–H and O–H groups in total. The van der Waals surface area contributed by atoms with Crippen LogP contribution < -0.4 is 5.32 Å². The molecule has 0 saturated heterocycles. The van der Waals surface area contributed by atoms with Gasteiger partial charge in [-0.3, -0.25) is 9.59 Å². The normalized spacial score (nSPS) is 10.7. The first-order valence-electron chi connectivity index (χ1n) is 7.79. The van der Waals surface area contributed by atoms with E-state index in [4.69, 9.17) is 0 Å². The van der Waals surface area contributed by atoms with Crippen LogP contribution in [0.25, 0.3) is 11.0 Å². The smallest absolute Gasteiger partial charge is 0.253 e. The predicted molar refractivity (Wildman–Crippen MR) is 98.7 cm³/mol. The van der Waals surface area contributed by atoms with Crippen LogP contribution in [0.5, 0.6) is 0 Å². The Morgan fingerprint density at radius 2 is 1.88 bits per heavy atom. The van der Waals surface area contributed by atoms with Gasteiger partial charge < -0.3 is 10.2 Å². The van der Waals surface area contributed by atoms with Gasteiger partial charge in [-0.2, -0.15) is 8.75 Å². The average Bonchev–Trinajstić information content (AvgIpc) is 3.03. The molecule has 3 aromatic rings. The van der Waals surface area contributed by atoms with Crippen LogP contribution in [-0.4, -0.2) is 32.5 Å². The molecule has 0 aliphatic carbocycles. The summed E-state index contributed by atoms with van der Waals surface area (Å²) in [5, 5.41) is 2.75. The number of aromatic nitrogens is 2. The fraction of sp³-hybridized carbons (Fsp3) is 0.222. The molecule has 6 nitrogen and oxygen atoms in total. The van der Waals surface area contributed by atoms with Crippen molar-refractivity contribution in [3.63, 3.8) is 0 Å². The van der Waals surface area contributed by atoms with Crippen LogP contribution in [0.15, 0.2) is 36.4 Å². The molecule has 0 atom stereocenters. The molecule has 0 fully saturated rings. The molecule has 0 unspecified atom stereocenters. The standard InChI is InChI=1S/C18H18N4O2S/c1-11-8-14(5-7-15(11)19-12(2)23)18(24)22(3)10-13-4-6-16-17(9-13)21-25-20-16/h4-9H,10H2,1-3H3,(H,19,23). The summed E-state index contributed by atoms with van der Waals surface area (Å²) in [6.45, 7) is 3.81. The molecule has 0 spiro atoms. The van der Waals surface area contributed by atoms with Gasteiger partial charge in [-0.15, -0.1) is 0 Å². The van der Waals surface area contributed by atoms with E-state index in [1.165, 1.54) is 18.7 Å². The number of hydrogen-bond donors (Lipinski definition) is 1. The molecule has 2 amide bonds. The first-order valence-corrected chi connectivity index (χ1v) is 8.52. The lowest BCUT2D eigenvalue weighted by atomic mass is 10.1. The number of nitrogens with zero attached hydrogens (tertiary/aromatic N) is 3. The Morgan fingerprint density at radius 3 is 2.60 bits per heavy atom. The van der Waals surface area contributed by atoms with Gasteiger partial charge in [0.15, 0.2) is 0 Å². The van der Waals surface area contributed by atoms with E-state index in [-0.39, 0.29) is 11.8 Å². The highest BCUT2D eigenvalue weighted by molar-refractivity contribution is 7.00. The second kappa shape index (κ2) is 6.98. The Hall–Kier alpha value is -2.80. The second-order valence-electron chi connectivity index (χ2n) is 5.96. The van der Waals surface area contributed by atoms with Crippen LogP contribution in [0.4, 0.5) is 5.69 Å². The number of anilines is 1. The van der Waals surface area contributed by atoms with Crippen molar-refractivity contribution < 1.29 is 9.59 Å². The Morgan fingerprint density at radius 1 is 1.12 bits per heavy atom. The van der Waals surface area contributed by atoms with Crippen molar-refractivity contribution in [2.24, 2.45) is 0 Å². The minimum atomic E-state index is -0.133. The van der Waals surface area contributed by atoms with Crippen LogP contribution in [0.1, 0.15) is 28.4 Å². The van der Waals surface area contributed by atoms with Crippen molar-refractivity contribution in [3.05, 3.63) is 53.1 Å². The molecule has 7 heteroatoms. The number of carbonyl (C=O) groups excluding carboxylic acids is 2. The summed E-state index contributed by atoms with van der Waals surface area (Å²) in [7, 11) is 1.77. The lowest BCUT2D eigenvalue weighted by Crippen LogP contribution is -2.26. The summed E-state index contributed by atoms with van der Waals surface area (Å²) in [5.74, 6) is -0.208. The Labute approximate surface area is 149 Å². The van der Waals surface area contributed by atoms with E-state index >= 15 is 0 Å². The number of rotatable bonds is 4. The summed E-state index contributed by atoms with van der Waals surface area (Å²) in [6, 6.07) is 11.1. The second-order valence-corrected chi connectivity index (χ2v) is 6.49. The molecule has 0 aliphatic rings. The van der Waals surface area contributed by atoms with Crippen molar-refractivity contribution in [2.75, 3.05) is 12.4 Å². The van der Waals surface area contributed by atoms with Crippen molar-refractivity contribution >= 4 is 40.3 Å². The third-order valence-electron chi connectivity index (χ3n) is 3.87. The lowest BCUT2D eigenvalue weighted by Gasteiger charge is -2.18. The maximum atomic E-state index is 12.7. The fourth-order valence-electron chi connectivity index (χ4n) is 2.62. The zero-order valence-electron chi connectivity index (χ0n) is 14.2. The quantitative estimate of drug-likeness (QED) is 0.780. The fourth-order valence-corrected chi connectivity index (χ4v) is 3.14. The minimum Gasteiger partial charge on any atom is -0.337 e. The molecule has 3 rings (SSSR count). The highest BCUT2D eigenvalue weighted by Crippen LogP contribution is 2.19. The van der Waals surface area contributed by atoms with Gasteiger partial charge in [-0.1, -0.05) is 6.07 Å². The van der Waals surface area contributed by atoms with E-state index in [1.807, 2.05) is 25.1 Å². The highest BCUT2D eigenvalue weighted by atomic mass is 32.1. The van der Waals surface area contributed by atoms with E-state index in [9.17, 15) is 9.59 Å². The number of benzene rings is 2. The number of amides is 2. The summed E-state index contributed by atoms with van der Waals surface area (Å²) in [6.07, 6.45) is 0. The van der Waals surface area contributed by atoms with Crippen LogP contribution in [0.2, 0.25) is 0 Å². The van der Waals surface area contributed by atoms with Gasteiger partial charge in [0, 0.05) is 31.8 Å². The van der Waals surface area contributed by atoms with Crippen molar-refractivity contribution in [2.45, 2.75) is 20.4 Å².